The second kappa shape index (κ2) is 6.22. The predicted octanol–water partition coefficient (Wildman–Crippen LogP) is 4.28. The summed E-state index contributed by atoms with van der Waals surface area (Å²) >= 11 is 0. The van der Waals surface area contributed by atoms with Crippen LogP contribution in [0.25, 0.3) is 11.1 Å². The highest BCUT2D eigenvalue weighted by Crippen LogP contribution is 2.35. The van der Waals surface area contributed by atoms with E-state index >= 15 is 0 Å². The van der Waals surface area contributed by atoms with Gasteiger partial charge < -0.3 is 9.47 Å². The van der Waals surface area contributed by atoms with Crippen molar-refractivity contribution in [2.75, 3.05) is 14.2 Å². The van der Waals surface area contributed by atoms with Crippen molar-refractivity contribution in [2.24, 2.45) is 0 Å². The number of ether oxygens (including phenoxy) is 2. The largest absolute Gasteiger partial charge is 0.497 e. The molecule has 0 saturated carbocycles. The molecule has 1 aliphatic carbocycles. The molecule has 0 unspecified atom stereocenters. The summed E-state index contributed by atoms with van der Waals surface area (Å²) in [4.78, 5) is 12.5. The van der Waals surface area contributed by atoms with E-state index in [9.17, 15) is 4.79 Å². The van der Waals surface area contributed by atoms with Crippen LogP contribution in [0.3, 0.4) is 0 Å². The van der Waals surface area contributed by atoms with Gasteiger partial charge in [0, 0.05) is 12.0 Å². The topological polar surface area (TPSA) is 35.5 Å². The fourth-order valence-corrected chi connectivity index (χ4v) is 3.02. The molecule has 1 aliphatic rings. The maximum atomic E-state index is 12.5. The standard InChI is InChI=1S/C19H20O3/c1-21-14-7-9-16-13(11-14)5-3-4-6-19(20)18-12-15(22-2)8-10-17(16)18/h7-12H,3-6H2,1-2H3. The van der Waals surface area contributed by atoms with E-state index < -0.39 is 0 Å². The zero-order valence-corrected chi connectivity index (χ0v) is 13.0. The van der Waals surface area contributed by atoms with Crippen LogP contribution in [-0.2, 0) is 6.42 Å². The summed E-state index contributed by atoms with van der Waals surface area (Å²) in [6.07, 6.45) is 3.47. The molecule has 0 N–H and O–H groups in total. The minimum Gasteiger partial charge on any atom is -0.497 e. The van der Waals surface area contributed by atoms with Gasteiger partial charge >= 0.3 is 0 Å². The fourth-order valence-electron chi connectivity index (χ4n) is 3.02. The molecule has 0 spiro atoms. The van der Waals surface area contributed by atoms with Gasteiger partial charge in [0.15, 0.2) is 5.78 Å². The molecule has 2 aromatic rings. The summed E-state index contributed by atoms with van der Waals surface area (Å²) in [6, 6.07) is 11.9. The maximum Gasteiger partial charge on any atom is 0.163 e. The normalized spacial score (nSPS) is 14.2. The van der Waals surface area contributed by atoms with Gasteiger partial charge in [-0.05, 0) is 66.3 Å². The van der Waals surface area contributed by atoms with E-state index in [-0.39, 0.29) is 5.78 Å². The number of rotatable bonds is 2. The van der Waals surface area contributed by atoms with Crippen LogP contribution in [0, 0.1) is 0 Å². The van der Waals surface area contributed by atoms with Crippen molar-refractivity contribution in [1.82, 2.24) is 0 Å². The minimum atomic E-state index is 0.192. The first-order valence-corrected chi connectivity index (χ1v) is 7.61. The summed E-state index contributed by atoms with van der Waals surface area (Å²) in [5, 5.41) is 0. The molecule has 0 radical (unpaired) electrons. The predicted molar refractivity (Wildman–Crippen MR) is 86.9 cm³/mol. The molecule has 0 fully saturated rings. The number of ketones is 1. The Morgan fingerprint density at radius 3 is 2.14 bits per heavy atom. The second-order valence-corrected chi connectivity index (χ2v) is 5.56. The third-order valence-electron chi connectivity index (χ3n) is 4.23. The lowest BCUT2D eigenvalue weighted by Gasteiger charge is -2.14. The number of carbonyl (C=O) groups is 1. The van der Waals surface area contributed by atoms with E-state index in [2.05, 4.69) is 12.1 Å². The quantitative estimate of drug-likeness (QED) is 0.829. The van der Waals surface area contributed by atoms with Gasteiger partial charge in [-0.1, -0.05) is 6.07 Å². The highest BCUT2D eigenvalue weighted by Gasteiger charge is 2.18. The summed E-state index contributed by atoms with van der Waals surface area (Å²) in [5.74, 6) is 1.78. The van der Waals surface area contributed by atoms with E-state index in [0.29, 0.717) is 6.42 Å². The van der Waals surface area contributed by atoms with Gasteiger partial charge in [-0.15, -0.1) is 0 Å². The summed E-state index contributed by atoms with van der Waals surface area (Å²) < 4.78 is 10.6. The number of fused-ring (bicyclic) bond motifs is 3. The van der Waals surface area contributed by atoms with Gasteiger partial charge in [-0.25, -0.2) is 0 Å². The molecule has 0 amide bonds. The number of methoxy groups -OCH3 is 2. The molecule has 0 bridgehead atoms. The van der Waals surface area contributed by atoms with Crippen LogP contribution >= 0.6 is 0 Å². The van der Waals surface area contributed by atoms with Gasteiger partial charge in [0.1, 0.15) is 11.5 Å². The molecule has 2 aromatic carbocycles. The number of aryl methyl sites for hydroxylation is 1. The van der Waals surface area contributed by atoms with E-state index in [1.807, 2.05) is 24.3 Å². The zero-order valence-electron chi connectivity index (χ0n) is 13.0. The third kappa shape index (κ3) is 2.71. The highest BCUT2D eigenvalue weighted by atomic mass is 16.5. The van der Waals surface area contributed by atoms with Crippen molar-refractivity contribution >= 4 is 5.78 Å². The van der Waals surface area contributed by atoms with E-state index in [0.717, 1.165) is 47.5 Å². The number of hydrogen-bond acceptors (Lipinski definition) is 3. The summed E-state index contributed by atoms with van der Waals surface area (Å²) in [5.41, 5.74) is 4.10. The van der Waals surface area contributed by atoms with Crippen molar-refractivity contribution in [3.63, 3.8) is 0 Å². The molecular weight excluding hydrogens is 276 g/mol. The molecule has 114 valence electrons. The molecule has 3 heteroatoms. The van der Waals surface area contributed by atoms with Crippen LogP contribution in [-0.4, -0.2) is 20.0 Å². The van der Waals surface area contributed by atoms with Crippen LogP contribution in [0.4, 0.5) is 0 Å². The SMILES string of the molecule is COc1ccc2c(c1)CCCCC(=O)c1cc(OC)ccc1-2. The first kappa shape index (κ1) is 14.6. The Morgan fingerprint density at radius 2 is 1.41 bits per heavy atom. The van der Waals surface area contributed by atoms with Gasteiger partial charge in [-0.2, -0.15) is 0 Å². The Balaban J connectivity index is 2.20. The van der Waals surface area contributed by atoms with Gasteiger partial charge in [0.05, 0.1) is 14.2 Å². The Labute approximate surface area is 130 Å². The minimum absolute atomic E-state index is 0.192. The van der Waals surface area contributed by atoms with Crippen LogP contribution in [0.2, 0.25) is 0 Å². The average molecular weight is 296 g/mol. The Kier molecular flexibility index (Phi) is 4.14. The molecular formula is C19H20O3. The molecule has 0 heterocycles. The van der Waals surface area contributed by atoms with E-state index in [4.69, 9.17) is 9.47 Å². The lowest BCUT2D eigenvalue weighted by Crippen LogP contribution is -2.02. The first-order valence-electron chi connectivity index (χ1n) is 7.61. The van der Waals surface area contributed by atoms with Gasteiger partial charge in [0.25, 0.3) is 0 Å². The fraction of sp³-hybridized carbons (Fsp3) is 0.316. The molecule has 0 atom stereocenters. The van der Waals surface area contributed by atoms with Crippen molar-refractivity contribution in [3.05, 3.63) is 47.5 Å². The average Bonchev–Trinajstić information content (AvgIpc) is 2.63. The Bertz CT molecular complexity index is 704. The number of benzene rings is 2. The number of hydrogen-bond donors (Lipinski definition) is 0. The van der Waals surface area contributed by atoms with Crippen LogP contribution in [0.1, 0.15) is 35.2 Å². The van der Waals surface area contributed by atoms with E-state index in [1.165, 1.54) is 5.56 Å². The molecule has 0 aliphatic heterocycles. The Morgan fingerprint density at radius 1 is 0.773 bits per heavy atom. The molecule has 3 nitrogen and oxygen atoms in total. The number of Topliss-reactive ketones (excluding diaryl/α,β-unsaturated/α-hetero) is 1. The second-order valence-electron chi connectivity index (χ2n) is 5.56. The van der Waals surface area contributed by atoms with Crippen molar-refractivity contribution < 1.29 is 14.3 Å². The molecule has 0 aromatic heterocycles. The Hall–Kier alpha value is -2.29. The van der Waals surface area contributed by atoms with Crippen molar-refractivity contribution in [2.45, 2.75) is 25.7 Å². The lowest BCUT2D eigenvalue weighted by atomic mass is 9.92. The van der Waals surface area contributed by atoms with Crippen LogP contribution in [0.15, 0.2) is 36.4 Å². The number of carbonyl (C=O) groups excluding carboxylic acids is 1. The zero-order chi connectivity index (χ0) is 15.5. The van der Waals surface area contributed by atoms with Gasteiger partial charge in [0.2, 0.25) is 0 Å². The van der Waals surface area contributed by atoms with Gasteiger partial charge in [-0.3, -0.25) is 4.79 Å². The lowest BCUT2D eigenvalue weighted by molar-refractivity contribution is 0.0980. The van der Waals surface area contributed by atoms with Crippen molar-refractivity contribution in [1.29, 1.82) is 0 Å². The van der Waals surface area contributed by atoms with E-state index in [1.54, 1.807) is 14.2 Å². The monoisotopic (exact) mass is 296 g/mol. The molecule has 0 saturated heterocycles. The van der Waals surface area contributed by atoms with Crippen LogP contribution in [0.5, 0.6) is 11.5 Å². The highest BCUT2D eigenvalue weighted by molar-refractivity contribution is 6.03. The molecule has 3 rings (SSSR count). The van der Waals surface area contributed by atoms with Crippen molar-refractivity contribution in [3.8, 4) is 22.6 Å². The summed E-state index contributed by atoms with van der Waals surface area (Å²) in [7, 11) is 3.30. The maximum absolute atomic E-state index is 12.5. The smallest absolute Gasteiger partial charge is 0.163 e. The van der Waals surface area contributed by atoms with Crippen LogP contribution < -0.4 is 9.47 Å². The third-order valence-corrected chi connectivity index (χ3v) is 4.23. The summed E-state index contributed by atoms with van der Waals surface area (Å²) in [6.45, 7) is 0. The first-order chi connectivity index (χ1) is 10.7. The molecule has 22 heavy (non-hydrogen) atoms.